The summed E-state index contributed by atoms with van der Waals surface area (Å²) in [4.78, 5) is 24.6. The molecule has 2 rings (SSSR count). The van der Waals surface area contributed by atoms with Gasteiger partial charge in [-0.3, -0.25) is 14.9 Å². The Morgan fingerprint density at radius 2 is 1.80 bits per heavy atom. The summed E-state index contributed by atoms with van der Waals surface area (Å²) >= 11 is 0. The van der Waals surface area contributed by atoms with Crippen LogP contribution in [-0.4, -0.2) is 37.0 Å². The van der Waals surface area contributed by atoms with Gasteiger partial charge in [0.05, 0.1) is 25.2 Å². The maximum atomic E-state index is 12.7. The largest absolute Gasteiger partial charge is 0.493 e. The number of hydrogen-bond donors (Lipinski definition) is 0. The number of nitro groups is 1. The summed E-state index contributed by atoms with van der Waals surface area (Å²) in [5.74, 6) is 0.875. The fraction of sp³-hybridized carbons (Fsp3) is 0.278. The van der Waals surface area contributed by atoms with E-state index in [4.69, 9.17) is 9.47 Å². The zero-order valence-electron chi connectivity index (χ0n) is 14.6. The van der Waals surface area contributed by atoms with Gasteiger partial charge in [-0.25, -0.2) is 0 Å². The minimum Gasteiger partial charge on any atom is -0.493 e. The molecule has 0 heterocycles. The number of methoxy groups -OCH3 is 2. The van der Waals surface area contributed by atoms with Crippen LogP contribution < -0.4 is 9.47 Å². The first-order chi connectivity index (χ1) is 11.9. The van der Waals surface area contributed by atoms with Crippen LogP contribution in [0.25, 0.3) is 0 Å². The van der Waals surface area contributed by atoms with Gasteiger partial charge in [0.15, 0.2) is 11.5 Å². The van der Waals surface area contributed by atoms with Crippen LogP contribution in [-0.2, 0) is 0 Å². The number of ether oxygens (including phenoxy) is 2. The molecule has 0 fully saturated rings. The van der Waals surface area contributed by atoms with Gasteiger partial charge in [-0.1, -0.05) is 12.1 Å². The lowest BCUT2D eigenvalue weighted by Gasteiger charge is -2.26. The Hall–Kier alpha value is -3.09. The molecule has 0 aliphatic rings. The number of nitrogens with zero attached hydrogens (tertiary/aromatic N) is 2. The van der Waals surface area contributed by atoms with Crippen LogP contribution in [0.4, 0.5) is 5.69 Å². The molecule has 2 aromatic rings. The number of nitro benzene ring substituents is 1. The second kappa shape index (κ2) is 7.65. The van der Waals surface area contributed by atoms with Crippen LogP contribution in [0.1, 0.15) is 28.9 Å². The lowest BCUT2D eigenvalue weighted by molar-refractivity contribution is -0.384. The van der Waals surface area contributed by atoms with Crippen LogP contribution in [0, 0.1) is 10.1 Å². The SMILES string of the molecule is COc1ccc(C(C)N(C)C(=O)c2cccc([N+](=O)[O-])c2)cc1OC. The van der Waals surface area contributed by atoms with Crippen LogP contribution in [0.3, 0.4) is 0 Å². The summed E-state index contributed by atoms with van der Waals surface area (Å²) in [7, 11) is 4.76. The summed E-state index contributed by atoms with van der Waals surface area (Å²) in [6.07, 6.45) is 0. The topological polar surface area (TPSA) is 81.9 Å². The zero-order chi connectivity index (χ0) is 18.6. The van der Waals surface area contributed by atoms with E-state index in [1.54, 1.807) is 39.5 Å². The lowest BCUT2D eigenvalue weighted by Crippen LogP contribution is -2.29. The molecule has 1 amide bonds. The standard InChI is InChI=1S/C18H20N2O5/c1-12(13-8-9-16(24-3)17(11-13)25-4)19(2)18(21)14-6-5-7-15(10-14)20(22)23/h5-12H,1-4H3. The molecule has 0 N–H and O–H groups in total. The second-order valence-electron chi connectivity index (χ2n) is 5.51. The number of amides is 1. The van der Waals surface area contributed by atoms with Gasteiger partial charge < -0.3 is 14.4 Å². The minimum absolute atomic E-state index is 0.113. The first kappa shape index (κ1) is 18.3. The molecule has 0 saturated carbocycles. The number of carbonyl (C=O) groups excluding carboxylic acids is 1. The zero-order valence-corrected chi connectivity index (χ0v) is 14.6. The molecule has 132 valence electrons. The number of hydrogen-bond acceptors (Lipinski definition) is 5. The van der Waals surface area contributed by atoms with Crippen molar-refractivity contribution >= 4 is 11.6 Å². The van der Waals surface area contributed by atoms with Crippen molar-refractivity contribution in [3.8, 4) is 11.5 Å². The third-order valence-electron chi connectivity index (χ3n) is 4.10. The summed E-state index contributed by atoms with van der Waals surface area (Å²) in [6.45, 7) is 1.87. The molecular weight excluding hydrogens is 324 g/mol. The van der Waals surface area contributed by atoms with E-state index in [1.807, 2.05) is 13.0 Å². The normalized spacial score (nSPS) is 11.5. The molecule has 0 spiro atoms. The summed E-state index contributed by atoms with van der Waals surface area (Å²) < 4.78 is 10.5. The minimum atomic E-state index is -0.519. The van der Waals surface area contributed by atoms with Crippen molar-refractivity contribution in [2.75, 3.05) is 21.3 Å². The first-order valence-corrected chi connectivity index (χ1v) is 7.62. The van der Waals surface area contributed by atoms with Crippen LogP contribution in [0.15, 0.2) is 42.5 Å². The molecule has 0 aliphatic heterocycles. The summed E-state index contributed by atoms with van der Waals surface area (Å²) in [5.41, 5.74) is 1.01. The smallest absolute Gasteiger partial charge is 0.270 e. The molecule has 0 aliphatic carbocycles. The van der Waals surface area contributed by atoms with Crippen LogP contribution in [0.2, 0.25) is 0 Å². The maximum Gasteiger partial charge on any atom is 0.270 e. The molecule has 1 atom stereocenters. The summed E-state index contributed by atoms with van der Waals surface area (Å²) in [5, 5.41) is 10.9. The first-order valence-electron chi connectivity index (χ1n) is 7.62. The number of benzene rings is 2. The van der Waals surface area contributed by atoms with Gasteiger partial charge in [0, 0.05) is 24.7 Å². The van der Waals surface area contributed by atoms with Gasteiger partial charge in [-0.15, -0.1) is 0 Å². The Kier molecular flexibility index (Phi) is 5.59. The van der Waals surface area contributed by atoms with Crippen molar-refractivity contribution in [3.05, 3.63) is 63.7 Å². The van der Waals surface area contributed by atoms with E-state index in [9.17, 15) is 14.9 Å². The highest BCUT2D eigenvalue weighted by Crippen LogP contribution is 2.32. The monoisotopic (exact) mass is 344 g/mol. The fourth-order valence-corrected chi connectivity index (χ4v) is 2.47. The highest BCUT2D eigenvalue weighted by molar-refractivity contribution is 5.94. The quantitative estimate of drug-likeness (QED) is 0.592. The van der Waals surface area contributed by atoms with Crippen molar-refractivity contribution in [2.24, 2.45) is 0 Å². The molecule has 25 heavy (non-hydrogen) atoms. The predicted octanol–water partition coefficient (Wildman–Crippen LogP) is 3.45. The van der Waals surface area contributed by atoms with E-state index in [0.717, 1.165) is 5.56 Å². The number of rotatable bonds is 6. The predicted molar refractivity (Wildman–Crippen MR) is 93.2 cm³/mol. The Morgan fingerprint density at radius 3 is 2.40 bits per heavy atom. The maximum absolute atomic E-state index is 12.7. The molecule has 0 aromatic heterocycles. The molecule has 7 heteroatoms. The van der Waals surface area contributed by atoms with Crippen molar-refractivity contribution in [1.82, 2.24) is 4.90 Å². The highest BCUT2D eigenvalue weighted by Gasteiger charge is 2.21. The van der Waals surface area contributed by atoms with Crippen molar-refractivity contribution < 1.29 is 19.2 Å². The Labute approximate surface area is 145 Å². The van der Waals surface area contributed by atoms with E-state index < -0.39 is 4.92 Å². The molecular formula is C18H20N2O5. The lowest BCUT2D eigenvalue weighted by atomic mass is 10.1. The summed E-state index contributed by atoms with van der Waals surface area (Å²) in [6, 6.07) is 10.9. The van der Waals surface area contributed by atoms with Crippen molar-refractivity contribution in [2.45, 2.75) is 13.0 Å². The molecule has 7 nitrogen and oxygen atoms in total. The van der Waals surface area contributed by atoms with Gasteiger partial charge in [-0.05, 0) is 30.7 Å². The van der Waals surface area contributed by atoms with Gasteiger partial charge in [0.1, 0.15) is 0 Å². The highest BCUT2D eigenvalue weighted by atomic mass is 16.6. The Bertz CT molecular complexity index is 791. The Morgan fingerprint density at radius 1 is 1.12 bits per heavy atom. The van der Waals surface area contributed by atoms with E-state index in [2.05, 4.69) is 0 Å². The van der Waals surface area contributed by atoms with E-state index >= 15 is 0 Å². The molecule has 1 unspecified atom stereocenters. The molecule has 0 saturated heterocycles. The molecule has 2 aromatic carbocycles. The molecule has 0 radical (unpaired) electrons. The van der Waals surface area contributed by atoms with E-state index in [1.165, 1.54) is 23.1 Å². The van der Waals surface area contributed by atoms with E-state index in [0.29, 0.717) is 11.5 Å². The van der Waals surface area contributed by atoms with Gasteiger partial charge in [0.25, 0.3) is 11.6 Å². The molecule has 0 bridgehead atoms. The number of non-ortho nitro benzene ring substituents is 1. The second-order valence-corrected chi connectivity index (χ2v) is 5.51. The van der Waals surface area contributed by atoms with Gasteiger partial charge >= 0.3 is 0 Å². The Balaban J connectivity index is 2.27. The van der Waals surface area contributed by atoms with E-state index in [-0.39, 0.29) is 23.2 Å². The third kappa shape index (κ3) is 3.88. The van der Waals surface area contributed by atoms with Crippen LogP contribution in [0.5, 0.6) is 11.5 Å². The number of carbonyl (C=O) groups is 1. The average molecular weight is 344 g/mol. The van der Waals surface area contributed by atoms with Gasteiger partial charge in [-0.2, -0.15) is 0 Å². The van der Waals surface area contributed by atoms with Crippen LogP contribution >= 0.6 is 0 Å². The van der Waals surface area contributed by atoms with Crippen molar-refractivity contribution in [3.63, 3.8) is 0 Å². The van der Waals surface area contributed by atoms with Gasteiger partial charge in [0.2, 0.25) is 0 Å². The van der Waals surface area contributed by atoms with Crippen molar-refractivity contribution in [1.29, 1.82) is 0 Å². The third-order valence-corrected chi connectivity index (χ3v) is 4.10. The average Bonchev–Trinajstić information content (AvgIpc) is 2.65. The fourth-order valence-electron chi connectivity index (χ4n) is 2.47.